The maximum Gasteiger partial charge on any atom is 0.188 e. The van der Waals surface area contributed by atoms with Crippen LogP contribution in [0.4, 0.5) is 4.39 Å². The second kappa shape index (κ2) is 3.99. The molecule has 0 N–H and O–H groups in total. The second-order valence-corrected chi connectivity index (χ2v) is 2.85. The number of halogens is 1. The summed E-state index contributed by atoms with van der Waals surface area (Å²) in [6.45, 7) is 3.51. The first-order valence-electron chi connectivity index (χ1n) is 4.08. The predicted octanol–water partition coefficient (Wildman–Crippen LogP) is 2.89. The summed E-state index contributed by atoms with van der Waals surface area (Å²) in [7, 11) is 0. The lowest BCUT2D eigenvalue weighted by atomic mass is 10.1. The fourth-order valence-corrected chi connectivity index (χ4v) is 1.06. The lowest BCUT2D eigenvalue weighted by molar-refractivity contribution is 0.104. The van der Waals surface area contributed by atoms with Crippen molar-refractivity contribution in [2.75, 3.05) is 0 Å². The minimum Gasteiger partial charge on any atom is -0.289 e. The Kier molecular flexibility index (Phi) is 2.96. The van der Waals surface area contributed by atoms with E-state index in [-0.39, 0.29) is 11.3 Å². The lowest BCUT2D eigenvalue weighted by Crippen LogP contribution is -1.98. The van der Waals surface area contributed by atoms with Gasteiger partial charge in [-0.05, 0) is 37.6 Å². The minimum absolute atomic E-state index is 0.128. The summed E-state index contributed by atoms with van der Waals surface area (Å²) < 4.78 is 13.2. The van der Waals surface area contributed by atoms with Gasteiger partial charge in [0, 0.05) is 0 Å². The van der Waals surface area contributed by atoms with Crippen LogP contribution in [0.25, 0.3) is 0 Å². The largest absolute Gasteiger partial charge is 0.289 e. The highest BCUT2D eigenvalue weighted by Gasteiger charge is 2.07. The van der Waals surface area contributed by atoms with Gasteiger partial charge in [0.1, 0.15) is 5.82 Å². The molecule has 13 heavy (non-hydrogen) atoms. The number of benzene rings is 1. The number of hydrogen-bond acceptors (Lipinski definition) is 1. The molecule has 1 rings (SSSR count). The van der Waals surface area contributed by atoms with Crippen molar-refractivity contribution in [1.82, 2.24) is 0 Å². The summed E-state index contributed by atoms with van der Waals surface area (Å²) in [5, 5.41) is 0. The van der Waals surface area contributed by atoms with Gasteiger partial charge in [0.05, 0.1) is 5.56 Å². The number of carbonyl (C=O) groups is 1. The van der Waals surface area contributed by atoms with Crippen LogP contribution in [0.3, 0.4) is 0 Å². The Labute approximate surface area is 76.9 Å². The second-order valence-electron chi connectivity index (χ2n) is 2.85. The van der Waals surface area contributed by atoms with Crippen LogP contribution in [0.1, 0.15) is 22.8 Å². The standard InChI is InChI=1S/C11H11FO/c1-3-4-11(13)9-6-5-8(2)7-10(9)12/h3-7H,1-2H3. The molecular weight excluding hydrogens is 167 g/mol. The van der Waals surface area contributed by atoms with Crippen molar-refractivity contribution in [1.29, 1.82) is 0 Å². The van der Waals surface area contributed by atoms with Crippen molar-refractivity contribution >= 4 is 5.78 Å². The highest BCUT2D eigenvalue weighted by molar-refractivity contribution is 6.04. The van der Waals surface area contributed by atoms with E-state index in [1.54, 1.807) is 26.0 Å². The predicted molar refractivity (Wildman–Crippen MR) is 50.3 cm³/mol. The molecule has 0 saturated carbocycles. The van der Waals surface area contributed by atoms with E-state index in [2.05, 4.69) is 0 Å². The molecule has 1 nitrogen and oxygen atoms in total. The van der Waals surface area contributed by atoms with Crippen molar-refractivity contribution < 1.29 is 9.18 Å². The summed E-state index contributed by atoms with van der Waals surface area (Å²) >= 11 is 0. The molecule has 0 saturated heterocycles. The molecule has 1 aromatic rings. The molecule has 0 aliphatic heterocycles. The smallest absolute Gasteiger partial charge is 0.188 e. The van der Waals surface area contributed by atoms with Gasteiger partial charge in [0.2, 0.25) is 0 Å². The summed E-state index contributed by atoms with van der Waals surface area (Å²) in [4.78, 5) is 11.3. The van der Waals surface area contributed by atoms with Gasteiger partial charge in [0.25, 0.3) is 0 Å². The van der Waals surface area contributed by atoms with E-state index in [1.165, 1.54) is 18.2 Å². The Bertz CT molecular complexity index is 353. The van der Waals surface area contributed by atoms with Crippen LogP contribution < -0.4 is 0 Å². The average molecular weight is 178 g/mol. The topological polar surface area (TPSA) is 17.1 Å². The quantitative estimate of drug-likeness (QED) is 0.502. The molecule has 1 aromatic carbocycles. The van der Waals surface area contributed by atoms with E-state index < -0.39 is 5.82 Å². The van der Waals surface area contributed by atoms with E-state index in [9.17, 15) is 9.18 Å². The molecule has 0 bridgehead atoms. The Morgan fingerprint density at radius 3 is 2.69 bits per heavy atom. The molecular formula is C11H11FO. The number of rotatable bonds is 2. The molecule has 68 valence electrons. The third kappa shape index (κ3) is 2.25. The van der Waals surface area contributed by atoms with Crippen molar-refractivity contribution in [3.05, 3.63) is 47.3 Å². The molecule has 0 unspecified atom stereocenters. The molecule has 0 atom stereocenters. The van der Waals surface area contributed by atoms with Crippen LogP contribution in [-0.2, 0) is 0 Å². The van der Waals surface area contributed by atoms with Crippen LogP contribution in [0.5, 0.6) is 0 Å². The Morgan fingerprint density at radius 2 is 2.15 bits per heavy atom. The van der Waals surface area contributed by atoms with E-state index in [1.807, 2.05) is 0 Å². The third-order valence-electron chi connectivity index (χ3n) is 1.71. The van der Waals surface area contributed by atoms with Gasteiger partial charge in [-0.3, -0.25) is 4.79 Å². The number of allylic oxidation sites excluding steroid dienone is 2. The van der Waals surface area contributed by atoms with Gasteiger partial charge >= 0.3 is 0 Å². The Balaban J connectivity index is 3.09. The van der Waals surface area contributed by atoms with Gasteiger partial charge in [-0.2, -0.15) is 0 Å². The Morgan fingerprint density at radius 1 is 1.46 bits per heavy atom. The normalized spacial score (nSPS) is 10.7. The van der Waals surface area contributed by atoms with Crippen LogP contribution >= 0.6 is 0 Å². The molecule has 0 aromatic heterocycles. The zero-order valence-corrected chi connectivity index (χ0v) is 7.67. The average Bonchev–Trinajstić information content (AvgIpc) is 2.04. The molecule has 0 radical (unpaired) electrons. The molecule has 0 spiro atoms. The fourth-order valence-electron chi connectivity index (χ4n) is 1.06. The van der Waals surface area contributed by atoms with Gasteiger partial charge in [-0.1, -0.05) is 12.1 Å². The molecule has 0 aliphatic carbocycles. The molecule has 0 heterocycles. The van der Waals surface area contributed by atoms with Gasteiger partial charge in [-0.25, -0.2) is 4.39 Å². The summed E-state index contributed by atoms with van der Waals surface area (Å²) in [6, 6.07) is 4.59. The van der Waals surface area contributed by atoms with E-state index in [0.29, 0.717) is 0 Å². The zero-order valence-electron chi connectivity index (χ0n) is 7.67. The number of carbonyl (C=O) groups excluding carboxylic acids is 1. The van der Waals surface area contributed by atoms with E-state index in [4.69, 9.17) is 0 Å². The van der Waals surface area contributed by atoms with Crippen LogP contribution in [0.15, 0.2) is 30.4 Å². The van der Waals surface area contributed by atoms with Crippen molar-refractivity contribution in [3.8, 4) is 0 Å². The van der Waals surface area contributed by atoms with Crippen molar-refractivity contribution in [2.45, 2.75) is 13.8 Å². The van der Waals surface area contributed by atoms with Crippen molar-refractivity contribution in [3.63, 3.8) is 0 Å². The van der Waals surface area contributed by atoms with Crippen LogP contribution in [-0.4, -0.2) is 5.78 Å². The molecule has 2 heteroatoms. The lowest BCUT2D eigenvalue weighted by Gasteiger charge is -1.99. The van der Waals surface area contributed by atoms with Crippen LogP contribution in [0, 0.1) is 12.7 Å². The van der Waals surface area contributed by atoms with Gasteiger partial charge < -0.3 is 0 Å². The highest BCUT2D eigenvalue weighted by atomic mass is 19.1. The highest BCUT2D eigenvalue weighted by Crippen LogP contribution is 2.10. The number of aryl methyl sites for hydroxylation is 1. The maximum absolute atomic E-state index is 13.2. The summed E-state index contributed by atoms with van der Waals surface area (Å²) in [5.74, 6) is -0.747. The first-order valence-corrected chi connectivity index (χ1v) is 4.08. The molecule has 0 aliphatic rings. The molecule has 0 amide bonds. The first-order chi connectivity index (χ1) is 6.15. The van der Waals surface area contributed by atoms with Gasteiger partial charge in [0.15, 0.2) is 5.78 Å². The SMILES string of the molecule is CC=CC(=O)c1ccc(C)cc1F. The number of hydrogen-bond donors (Lipinski definition) is 0. The first kappa shape index (κ1) is 9.65. The number of ketones is 1. The monoisotopic (exact) mass is 178 g/mol. The Hall–Kier alpha value is -1.44. The fraction of sp³-hybridized carbons (Fsp3) is 0.182. The van der Waals surface area contributed by atoms with Gasteiger partial charge in [-0.15, -0.1) is 0 Å². The summed E-state index contributed by atoms with van der Waals surface area (Å²) in [5.41, 5.74) is 0.943. The summed E-state index contributed by atoms with van der Waals surface area (Å²) in [6.07, 6.45) is 2.95. The minimum atomic E-state index is -0.455. The van der Waals surface area contributed by atoms with Crippen molar-refractivity contribution in [2.24, 2.45) is 0 Å². The van der Waals surface area contributed by atoms with E-state index in [0.717, 1.165) is 5.56 Å². The molecule has 0 fully saturated rings. The van der Waals surface area contributed by atoms with E-state index >= 15 is 0 Å². The maximum atomic E-state index is 13.2. The third-order valence-corrected chi connectivity index (χ3v) is 1.71. The zero-order chi connectivity index (χ0) is 9.84. The van der Waals surface area contributed by atoms with Crippen LogP contribution in [0.2, 0.25) is 0 Å².